The van der Waals surface area contributed by atoms with Crippen LogP contribution in [0.15, 0.2) is 0 Å². The Balaban J connectivity index is 1.99. The van der Waals surface area contributed by atoms with E-state index in [-0.39, 0.29) is 0 Å². The first kappa shape index (κ1) is 5.32. The summed E-state index contributed by atoms with van der Waals surface area (Å²) >= 11 is 0. The summed E-state index contributed by atoms with van der Waals surface area (Å²) in [5.41, 5.74) is 0. The molecule has 9 heavy (non-hydrogen) atoms. The number of ether oxygens (including phenoxy) is 1. The molecule has 0 amide bonds. The molecule has 2 aliphatic rings. The molecule has 0 radical (unpaired) electrons. The molecule has 1 heteroatoms. The van der Waals surface area contributed by atoms with Crippen molar-refractivity contribution in [3.8, 4) is 11.8 Å². The second kappa shape index (κ2) is 1.75. The summed E-state index contributed by atoms with van der Waals surface area (Å²) in [5, 5.41) is 0. The summed E-state index contributed by atoms with van der Waals surface area (Å²) in [7, 11) is 0. The Labute approximate surface area is 55.4 Å². The van der Waals surface area contributed by atoms with Crippen LogP contribution in [0.1, 0.15) is 6.92 Å². The molecule has 0 aromatic rings. The van der Waals surface area contributed by atoms with Gasteiger partial charge in [-0.1, -0.05) is 5.92 Å². The lowest BCUT2D eigenvalue weighted by atomic mass is 10.3. The quantitative estimate of drug-likeness (QED) is 0.434. The molecule has 2 unspecified atom stereocenters. The van der Waals surface area contributed by atoms with E-state index >= 15 is 0 Å². The molecule has 48 valence electrons. The van der Waals surface area contributed by atoms with Gasteiger partial charge in [0.05, 0.1) is 13.2 Å². The lowest BCUT2D eigenvalue weighted by molar-refractivity contribution is 0.158. The van der Waals surface area contributed by atoms with Crippen LogP contribution in [0.3, 0.4) is 0 Å². The van der Waals surface area contributed by atoms with Crippen molar-refractivity contribution >= 4 is 0 Å². The summed E-state index contributed by atoms with van der Waals surface area (Å²) in [5.74, 6) is 8.45. The Morgan fingerprint density at radius 3 is 2.56 bits per heavy atom. The highest BCUT2D eigenvalue weighted by Crippen LogP contribution is 2.50. The summed E-state index contributed by atoms with van der Waals surface area (Å²) < 4.78 is 5.22. The van der Waals surface area contributed by atoms with E-state index in [1.165, 1.54) is 0 Å². The van der Waals surface area contributed by atoms with Gasteiger partial charge >= 0.3 is 0 Å². The average molecular weight is 122 g/mol. The molecule has 0 aromatic heterocycles. The molecule has 1 saturated heterocycles. The van der Waals surface area contributed by atoms with Crippen LogP contribution in [0.25, 0.3) is 0 Å². The molecule has 1 saturated carbocycles. The summed E-state index contributed by atoms with van der Waals surface area (Å²) in [6.07, 6.45) is 0. The molecule has 1 nitrogen and oxygen atoms in total. The fraction of sp³-hybridized carbons (Fsp3) is 0.750. The lowest BCUT2D eigenvalue weighted by Crippen LogP contribution is -1.94. The molecule has 1 heterocycles. The summed E-state index contributed by atoms with van der Waals surface area (Å²) in [4.78, 5) is 0. The molecule has 0 spiro atoms. The van der Waals surface area contributed by atoms with E-state index in [9.17, 15) is 0 Å². The number of fused-ring (bicyclic) bond motifs is 1. The van der Waals surface area contributed by atoms with Crippen LogP contribution in [0.4, 0.5) is 0 Å². The monoisotopic (exact) mass is 122 g/mol. The highest BCUT2D eigenvalue weighted by molar-refractivity contribution is 5.17. The third-order valence-corrected chi connectivity index (χ3v) is 2.26. The average Bonchev–Trinajstić information content (AvgIpc) is 2.39. The first-order valence-electron chi connectivity index (χ1n) is 3.43. The van der Waals surface area contributed by atoms with E-state index in [2.05, 4.69) is 11.8 Å². The molecule has 2 atom stereocenters. The largest absolute Gasteiger partial charge is 0.381 e. The highest BCUT2D eigenvalue weighted by Gasteiger charge is 2.53. The van der Waals surface area contributed by atoms with Crippen LogP contribution in [-0.4, -0.2) is 13.2 Å². The SMILES string of the molecule is CC#CC1C2COCC12. The second-order valence-corrected chi connectivity index (χ2v) is 2.79. The van der Waals surface area contributed by atoms with E-state index in [0.29, 0.717) is 5.92 Å². The van der Waals surface area contributed by atoms with Crippen molar-refractivity contribution in [1.29, 1.82) is 0 Å². The van der Waals surface area contributed by atoms with Gasteiger partial charge in [-0.2, -0.15) is 0 Å². The third kappa shape index (κ3) is 0.668. The smallest absolute Gasteiger partial charge is 0.0510 e. The fourth-order valence-corrected chi connectivity index (χ4v) is 1.62. The van der Waals surface area contributed by atoms with Crippen molar-refractivity contribution in [2.75, 3.05) is 13.2 Å². The Morgan fingerprint density at radius 2 is 2.00 bits per heavy atom. The van der Waals surface area contributed by atoms with Crippen LogP contribution >= 0.6 is 0 Å². The topological polar surface area (TPSA) is 9.23 Å². The normalized spacial score (nSPS) is 45.2. The van der Waals surface area contributed by atoms with Crippen molar-refractivity contribution in [2.24, 2.45) is 17.8 Å². The Kier molecular flexibility index (Phi) is 1.03. The van der Waals surface area contributed by atoms with Crippen LogP contribution in [-0.2, 0) is 4.74 Å². The fourth-order valence-electron chi connectivity index (χ4n) is 1.62. The molecule has 1 aliphatic heterocycles. The third-order valence-electron chi connectivity index (χ3n) is 2.26. The van der Waals surface area contributed by atoms with E-state index in [1.54, 1.807) is 0 Å². The van der Waals surface area contributed by atoms with Gasteiger partial charge in [-0.05, 0) is 6.92 Å². The standard InChI is InChI=1S/C8H10O/c1-2-3-6-7-4-9-5-8(6)7/h6-8H,4-5H2,1H3. The molecule has 1 aliphatic carbocycles. The van der Waals surface area contributed by atoms with Crippen molar-refractivity contribution < 1.29 is 4.74 Å². The molecule has 0 aromatic carbocycles. The van der Waals surface area contributed by atoms with Gasteiger partial charge in [0.1, 0.15) is 0 Å². The van der Waals surface area contributed by atoms with Crippen molar-refractivity contribution in [3.63, 3.8) is 0 Å². The van der Waals surface area contributed by atoms with Crippen molar-refractivity contribution in [3.05, 3.63) is 0 Å². The molecule has 2 rings (SSSR count). The van der Waals surface area contributed by atoms with Gasteiger partial charge in [0.25, 0.3) is 0 Å². The second-order valence-electron chi connectivity index (χ2n) is 2.79. The van der Waals surface area contributed by atoms with Crippen molar-refractivity contribution in [2.45, 2.75) is 6.92 Å². The van der Waals surface area contributed by atoms with Gasteiger partial charge in [0.2, 0.25) is 0 Å². The predicted molar refractivity (Wildman–Crippen MR) is 34.7 cm³/mol. The highest BCUT2D eigenvalue weighted by atomic mass is 16.5. The van der Waals surface area contributed by atoms with Crippen LogP contribution in [0, 0.1) is 29.6 Å². The molecular weight excluding hydrogens is 112 g/mol. The molecule has 0 N–H and O–H groups in total. The van der Waals surface area contributed by atoms with E-state index in [4.69, 9.17) is 4.74 Å². The van der Waals surface area contributed by atoms with Gasteiger partial charge in [-0.25, -0.2) is 0 Å². The minimum Gasteiger partial charge on any atom is -0.381 e. The Hall–Kier alpha value is -0.480. The zero-order valence-electron chi connectivity index (χ0n) is 5.55. The van der Waals surface area contributed by atoms with E-state index in [0.717, 1.165) is 25.0 Å². The molecule has 2 fully saturated rings. The zero-order chi connectivity index (χ0) is 6.27. The summed E-state index contributed by atoms with van der Waals surface area (Å²) in [6, 6.07) is 0. The van der Waals surface area contributed by atoms with Gasteiger partial charge in [-0.15, -0.1) is 5.92 Å². The van der Waals surface area contributed by atoms with Gasteiger partial charge in [-0.3, -0.25) is 0 Å². The maximum atomic E-state index is 5.22. The van der Waals surface area contributed by atoms with Crippen LogP contribution in [0.5, 0.6) is 0 Å². The maximum absolute atomic E-state index is 5.22. The van der Waals surface area contributed by atoms with Crippen LogP contribution < -0.4 is 0 Å². The van der Waals surface area contributed by atoms with Crippen molar-refractivity contribution in [1.82, 2.24) is 0 Å². The minimum absolute atomic E-state index is 0.698. The zero-order valence-corrected chi connectivity index (χ0v) is 5.55. The van der Waals surface area contributed by atoms with E-state index < -0.39 is 0 Å². The number of hydrogen-bond donors (Lipinski definition) is 0. The van der Waals surface area contributed by atoms with Gasteiger partial charge in [0, 0.05) is 17.8 Å². The van der Waals surface area contributed by atoms with E-state index in [1.807, 2.05) is 6.92 Å². The number of hydrogen-bond acceptors (Lipinski definition) is 1. The Morgan fingerprint density at radius 1 is 1.33 bits per heavy atom. The van der Waals surface area contributed by atoms with Crippen LogP contribution in [0.2, 0.25) is 0 Å². The van der Waals surface area contributed by atoms with Gasteiger partial charge in [0.15, 0.2) is 0 Å². The lowest BCUT2D eigenvalue weighted by Gasteiger charge is -1.93. The first-order chi connectivity index (χ1) is 4.43. The molecular formula is C8H10O. The first-order valence-corrected chi connectivity index (χ1v) is 3.43. The summed E-state index contributed by atoms with van der Waals surface area (Å²) in [6.45, 7) is 3.84. The maximum Gasteiger partial charge on any atom is 0.0510 e. The number of rotatable bonds is 0. The van der Waals surface area contributed by atoms with Gasteiger partial charge < -0.3 is 4.74 Å². The molecule has 0 bridgehead atoms. The Bertz CT molecular complexity index is 165. The minimum atomic E-state index is 0.698. The predicted octanol–water partition coefficient (Wildman–Crippen LogP) is 0.902.